The molecule has 0 unspecified atom stereocenters. The average molecular weight is 999 g/mol. The van der Waals surface area contributed by atoms with E-state index >= 15 is 0 Å². The summed E-state index contributed by atoms with van der Waals surface area (Å²) in [4.78, 5) is 55.9. The fourth-order valence-corrected chi connectivity index (χ4v) is 7.06. The third kappa shape index (κ3) is 34.3. The second-order valence-electron chi connectivity index (χ2n) is 17.6. The zero-order valence-electron chi connectivity index (χ0n) is 43.7. The predicted octanol–water partition coefficient (Wildman–Crippen LogP) is 5.80. The van der Waals surface area contributed by atoms with E-state index in [2.05, 4.69) is 61.9 Å². The Morgan fingerprint density at radius 1 is 0.178 bits per heavy atom. The van der Waals surface area contributed by atoms with Crippen LogP contribution >= 0.6 is 0 Å². The summed E-state index contributed by atoms with van der Waals surface area (Å²) < 4.78 is 0. The van der Waals surface area contributed by atoms with Crippen molar-refractivity contribution in [2.45, 2.75) is 83.5 Å². The van der Waals surface area contributed by atoms with Crippen molar-refractivity contribution in [1.82, 2.24) is 31.9 Å². The summed E-state index contributed by atoms with van der Waals surface area (Å²) in [5.41, 5.74) is 5.71. The number of hydrogen-bond donors (Lipinski definition) is 6. The minimum absolute atomic E-state index is 0.641. The molecule has 0 amide bonds. The van der Waals surface area contributed by atoms with E-state index in [-0.39, 0.29) is 0 Å². The smallest absolute Gasteiger partial charge is 0.0562 e. The molecule has 0 radical (unpaired) electrons. The van der Waals surface area contributed by atoms with E-state index < -0.39 is 0 Å². The summed E-state index contributed by atoms with van der Waals surface area (Å²) in [6.45, 7) is 12.8. The molecule has 7 aliphatic heterocycles. The minimum Gasteiger partial charge on any atom is -0.388 e. The molecule has 0 saturated heterocycles. The Balaban J connectivity index is 1.29. The Hall–Kier alpha value is -6.72. The first kappa shape index (κ1) is 58.8. The molecule has 7 heterocycles. The van der Waals surface area contributed by atoms with Crippen LogP contribution in [0.25, 0.3) is 0 Å². The summed E-state index contributed by atoms with van der Waals surface area (Å²) in [6.07, 6.45) is 48.8. The van der Waals surface area contributed by atoms with Crippen LogP contribution in [-0.4, -0.2) is 192 Å². The number of hydrogen-bond acceptors (Lipinski definition) is 18. The van der Waals surface area contributed by atoms with Crippen LogP contribution in [0.5, 0.6) is 0 Å². The van der Waals surface area contributed by atoms with Crippen LogP contribution in [0.3, 0.4) is 0 Å². The molecule has 73 heavy (non-hydrogen) atoms. The van der Waals surface area contributed by atoms with Crippen molar-refractivity contribution in [1.29, 1.82) is 0 Å². The second-order valence-corrected chi connectivity index (χ2v) is 17.6. The van der Waals surface area contributed by atoms with E-state index in [1.165, 1.54) is 6.42 Å². The first-order valence-electron chi connectivity index (χ1n) is 26.9. The highest BCUT2D eigenvalue weighted by Crippen LogP contribution is 2.05. The van der Waals surface area contributed by atoms with Gasteiger partial charge >= 0.3 is 0 Å². The van der Waals surface area contributed by atoms with Gasteiger partial charge in [-0.05, 0) is 38.5 Å². The molecule has 0 aromatic rings. The maximum absolute atomic E-state index is 4.70. The quantitative estimate of drug-likeness (QED) is 0.176. The van der Waals surface area contributed by atoms with Gasteiger partial charge in [-0.3, -0.25) is 59.9 Å². The minimum atomic E-state index is 0.641. The van der Waals surface area contributed by atoms with Crippen molar-refractivity contribution in [2.24, 2.45) is 59.9 Å². The number of nitrogens with one attached hydrogen (secondary N) is 6. The molecule has 0 fully saturated rings. The van der Waals surface area contributed by atoms with E-state index in [1.54, 1.807) is 0 Å². The first-order valence-corrected chi connectivity index (χ1v) is 26.9. The van der Waals surface area contributed by atoms with Gasteiger partial charge in [-0.25, -0.2) is 0 Å². The van der Waals surface area contributed by atoms with Gasteiger partial charge in [0.05, 0.1) is 39.3 Å². The molecule has 396 valence electrons. The van der Waals surface area contributed by atoms with Crippen LogP contribution in [0.1, 0.15) is 83.5 Å². The normalized spacial score (nSPS) is 24.6. The fourth-order valence-electron chi connectivity index (χ4n) is 7.06. The summed E-state index contributed by atoms with van der Waals surface area (Å²) in [7, 11) is 0. The standard InChI is InChI=1S/C55H86N18/c1-2-8-14-56-32-50-38-62-20-24-66-42-52(43-67-25-21-63-39-50)34-58-16-10-4-6-12-18-60-36-54-46-70-28-30-72-48-55(49-73-31-29-71-47-54)37-61-19-13-7-5-11-17-59-35-53-44-68-26-22-64-40-51(33-57-15-9-3-1)41-65-23-27-69-45-53/h32-49,62,64,67,69-70,73H,1-31H2/b50-38-,51-40-,52-43-,53-45-,54-46-,55-49?,56-32?,57-33?,58-34?,59-35?,60-36?,61-37?,63-39?,65-41?,66-42?,68-44?,71-47?,72-48?. The molecular weight excluding hydrogens is 913 g/mol. The average Bonchev–Trinajstić information content (AvgIpc) is 3.39. The summed E-state index contributed by atoms with van der Waals surface area (Å²) >= 11 is 0. The summed E-state index contributed by atoms with van der Waals surface area (Å²) in [5.74, 6) is 0. The Morgan fingerprint density at radius 3 is 0.479 bits per heavy atom. The molecule has 0 saturated carbocycles. The molecule has 7 aliphatic rings. The molecule has 6 bridgehead atoms. The fraction of sp³-hybridized carbons (Fsp3) is 0.564. The summed E-state index contributed by atoms with van der Waals surface area (Å²) in [5, 5.41) is 20.2. The van der Waals surface area contributed by atoms with Gasteiger partial charge in [0.15, 0.2) is 0 Å². The lowest BCUT2D eigenvalue weighted by Gasteiger charge is -2.03. The van der Waals surface area contributed by atoms with Gasteiger partial charge in [0.25, 0.3) is 0 Å². The SMILES string of the molecule is C1=NCCCCCCCN=C/C2=C/NCCN=C/C(=C\NCCN=C2)C=NCCCCCCN=C/C2=C/NCCN=CC(=CNCCN=C2)C=NCCCCCCN=C/C2=C/NCCN=C/C1=C\NCCN=C2. The predicted molar refractivity (Wildman–Crippen MR) is 317 cm³/mol. The second kappa shape index (κ2) is 44.0. The van der Waals surface area contributed by atoms with Gasteiger partial charge in [-0.2, -0.15) is 0 Å². The highest BCUT2D eigenvalue weighted by Gasteiger charge is 1.99. The third-order valence-electron chi connectivity index (χ3n) is 11.0. The van der Waals surface area contributed by atoms with Crippen molar-refractivity contribution in [3.8, 4) is 0 Å². The zero-order valence-corrected chi connectivity index (χ0v) is 43.7. The monoisotopic (exact) mass is 999 g/mol. The zero-order chi connectivity index (χ0) is 50.8. The van der Waals surface area contributed by atoms with Crippen LogP contribution in [0, 0.1) is 0 Å². The Bertz CT molecular complexity index is 1910. The van der Waals surface area contributed by atoms with Gasteiger partial charge < -0.3 is 31.9 Å². The molecule has 0 aliphatic carbocycles. The Morgan fingerprint density at radius 2 is 0.315 bits per heavy atom. The maximum Gasteiger partial charge on any atom is 0.0562 e. The van der Waals surface area contributed by atoms with Crippen LogP contribution in [0.15, 0.2) is 131 Å². The Kier molecular flexibility index (Phi) is 35.5. The van der Waals surface area contributed by atoms with E-state index in [4.69, 9.17) is 30.0 Å². The van der Waals surface area contributed by atoms with Gasteiger partial charge in [0.2, 0.25) is 0 Å². The van der Waals surface area contributed by atoms with E-state index in [0.717, 1.165) is 150 Å². The number of fused-ring (bicyclic) bond motifs is 12. The topological polar surface area (TPSA) is 220 Å². The molecule has 0 aromatic carbocycles. The highest BCUT2D eigenvalue weighted by molar-refractivity contribution is 6.06. The number of allylic oxidation sites excluding steroid dienone is 6. The molecule has 18 nitrogen and oxygen atoms in total. The molecule has 0 atom stereocenters. The van der Waals surface area contributed by atoms with Crippen molar-refractivity contribution in [3.05, 3.63) is 70.6 Å². The molecular formula is C55H86N18. The van der Waals surface area contributed by atoms with Crippen molar-refractivity contribution in [3.63, 3.8) is 0 Å². The number of rotatable bonds is 0. The lowest BCUT2D eigenvalue weighted by atomic mass is 10.1. The number of nitrogens with zero attached hydrogens (tertiary/aromatic N) is 12. The molecule has 0 spiro atoms. The highest BCUT2D eigenvalue weighted by atomic mass is 14.9. The maximum atomic E-state index is 4.70. The van der Waals surface area contributed by atoms with Crippen molar-refractivity contribution < 1.29 is 0 Å². The van der Waals surface area contributed by atoms with Crippen molar-refractivity contribution >= 4 is 74.6 Å². The van der Waals surface area contributed by atoms with Crippen LogP contribution in [-0.2, 0) is 0 Å². The summed E-state index contributed by atoms with van der Waals surface area (Å²) in [6, 6.07) is 0. The molecule has 7 rings (SSSR count). The third-order valence-corrected chi connectivity index (χ3v) is 11.0. The van der Waals surface area contributed by atoms with Crippen molar-refractivity contribution in [2.75, 3.05) is 118 Å². The van der Waals surface area contributed by atoms with Gasteiger partial charge in [-0.1, -0.05) is 44.9 Å². The molecule has 0 aromatic heterocycles. The van der Waals surface area contributed by atoms with E-state index in [0.29, 0.717) is 78.5 Å². The van der Waals surface area contributed by atoms with Crippen LogP contribution in [0.4, 0.5) is 0 Å². The first-order chi connectivity index (χ1) is 36.3. The van der Waals surface area contributed by atoms with E-state index in [1.807, 2.05) is 112 Å². The van der Waals surface area contributed by atoms with Gasteiger partial charge in [-0.15, -0.1) is 0 Å². The molecule has 18 heteroatoms. The number of aliphatic imine (C=N–C) groups is 12. The van der Waals surface area contributed by atoms with Gasteiger partial charge in [0.1, 0.15) is 0 Å². The van der Waals surface area contributed by atoms with E-state index in [9.17, 15) is 0 Å². The van der Waals surface area contributed by atoms with Crippen LogP contribution in [0.2, 0.25) is 0 Å². The van der Waals surface area contributed by atoms with Crippen LogP contribution < -0.4 is 31.9 Å². The lowest BCUT2D eigenvalue weighted by molar-refractivity contribution is 0.625. The van der Waals surface area contributed by atoms with Gasteiger partial charge in [0, 0.05) is 224 Å². The Labute approximate surface area is 436 Å². The lowest BCUT2D eigenvalue weighted by Crippen LogP contribution is -2.15. The largest absolute Gasteiger partial charge is 0.388 e. The molecule has 6 N–H and O–H groups in total.